The minimum absolute atomic E-state index is 0.106. The Morgan fingerprint density at radius 3 is 2.57 bits per heavy atom. The monoisotopic (exact) mass is 319 g/mol. The third kappa shape index (κ3) is 3.92. The normalized spacial score (nSPS) is 23.4. The van der Waals surface area contributed by atoms with Crippen LogP contribution in [0.4, 0.5) is 0 Å². The second-order valence-corrected chi connectivity index (χ2v) is 7.51. The van der Waals surface area contributed by atoms with Gasteiger partial charge < -0.3 is 10.4 Å². The summed E-state index contributed by atoms with van der Waals surface area (Å²) in [5, 5.41) is 11.5. The Morgan fingerprint density at radius 1 is 1.33 bits per heavy atom. The first-order chi connectivity index (χ1) is 9.82. The van der Waals surface area contributed by atoms with Crippen LogP contribution in [-0.4, -0.2) is 66.2 Å². The van der Waals surface area contributed by atoms with Crippen molar-refractivity contribution in [2.24, 2.45) is 0 Å². The number of carboxylic acid groups (broad SMARTS) is 1. The van der Waals surface area contributed by atoms with E-state index in [1.807, 2.05) is 0 Å². The second-order valence-electron chi connectivity index (χ2n) is 5.52. The van der Waals surface area contributed by atoms with Crippen molar-refractivity contribution >= 4 is 22.1 Å². The Balaban J connectivity index is 2.02. The topological polar surface area (TPSA) is 107 Å². The van der Waals surface area contributed by atoms with Gasteiger partial charge in [-0.05, 0) is 25.7 Å². The number of carbonyl (C=O) groups excluding carboxylic acids is 1. The van der Waals surface area contributed by atoms with E-state index < -0.39 is 22.2 Å². The summed E-state index contributed by atoms with van der Waals surface area (Å²) in [5.41, 5.74) is 0. The molecule has 1 aliphatic carbocycles. The van der Waals surface area contributed by atoms with Gasteiger partial charge in [0.15, 0.2) is 0 Å². The SMILES string of the molecule is CN(CCC(=O)O)S(=O)(=O)N1CCCC1C(=O)NC1CC1. The highest BCUT2D eigenvalue weighted by Gasteiger charge is 2.41. The summed E-state index contributed by atoms with van der Waals surface area (Å²) in [5.74, 6) is -1.30. The van der Waals surface area contributed by atoms with Gasteiger partial charge in [-0.3, -0.25) is 9.59 Å². The Hall–Kier alpha value is -1.19. The van der Waals surface area contributed by atoms with Crippen LogP contribution in [-0.2, 0) is 19.8 Å². The predicted molar refractivity (Wildman–Crippen MR) is 74.7 cm³/mol. The number of amides is 1. The molecule has 0 spiro atoms. The van der Waals surface area contributed by atoms with Gasteiger partial charge in [0.1, 0.15) is 6.04 Å². The molecule has 2 N–H and O–H groups in total. The van der Waals surface area contributed by atoms with Crippen molar-refractivity contribution in [3.05, 3.63) is 0 Å². The van der Waals surface area contributed by atoms with Crippen LogP contribution >= 0.6 is 0 Å². The number of carbonyl (C=O) groups is 2. The van der Waals surface area contributed by atoms with Crippen LogP contribution in [0.25, 0.3) is 0 Å². The third-order valence-corrected chi connectivity index (χ3v) is 5.76. The summed E-state index contributed by atoms with van der Waals surface area (Å²) < 4.78 is 27.1. The van der Waals surface area contributed by atoms with Gasteiger partial charge in [-0.25, -0.2) is 0 Å². The van der Waals surface area contributed by atoms with Crippen LogP contribution in [0.2, 0.25) is 0 Å². The van der Waals surface area contributed by atoms with Crippen molar-refractivity contribution in [1.29, 1.82) is 0 Å². The summed E-state index contributed by atoms with van der Waals surface area (Å²) in [7, 11) is -2.46. The highest BCUT2D eigenvalue weighted by atomic mass is 32.2. The fourth-order valence-electron chi connectivity index (χ4n) is 2.35. The molecule has 1 amide bonds. The van der Waals surface area contributed by atoms with E-state index in [1.165, 1.54) is 11.4 Å². The third-order valence-electron chi connectivity index (χ3n) is 3.76. The maximum absolute atomic E-state index is 12.4. The van der Waals surface area contributed by atoms with Gasteiger partial charge in [-0.2, -0.15) is 17.0 Å². The van der Waals surface area contributed by atoms with E-state index in [4.69, 9.17) is 5.11 Å². The van der Waals surface area contributed by atoms with Crippen molar-refractivity contribution in [2.45, 2.75) is 44.2 Å². The first-order valence-corrected chi connectivity index (χ1v) is 8.47. The van der Waals surface area contributed by atoms with Crippen molar-refractivity contribution in [3.8, 4) is 0 Å². The lowest BCUT2D eigenvalue weighted by Crippen LogP contribution is -2.50. The Morgan fingerprint density at radius 2 is 2.00 bits per heavy atom. The number of nitrogens with zero attached hydrogens (tertiary/aromatic N) is 2. The number of hydrogen-bond donors (Lipinski definition) is 2. The quantitative estimate of drug-likeness (QED) is 0.650. The maximum atomic E-state index is 12.4. The Labute approximate surface area is 124 Å². The van der Waals surface area contributed by atoms with Crippen LogP contribution in [0.1, 0.15) is 32.1 Å². The fraction of sp³-hybridized carbons (Fsp3) is 0.833. The second kappa shape index (κ2) is 6.29. The smallest absolute Gasteiger partial charge is 0.304 e. The number of aliphatic carboxylic acids is 1. The van der Waals surface area contributed by atoms with E-state index in [1.54, 1.807) is 0 Å². The molecule has 2 fully saturated rings. The molecule has 1 atom stereocenters. The molecule has 0 aromatic heterocycles. The molecule has 0 aromatic carbocycles. The molecule has 1 unspecified atom stereocenters. The van der Waals surface area contributed by atoms with Gasteiger partial charge in [0.2, 0.25) is 5.91 Å². The molecule has 2 rings (SSSR count). The zero-order chi connectivity index (χ0) is 15.6. The van der Waals surface area contributed by atoms with Crippen LogP contribution in [0, 0.1) is 0 Å². The molecular formula is C12H21N3O5S. The van der Waals surface area contributed by atoms with E-state index in [9.17, 15) is 18.0 Å². The lowest BCUT2D eigenvalue weighted by molar-refractivity contribution is -0.137. The summed E-state index contributed by atoms with van der Waals surface area (Å²) >= 11 is 0. The summed E-state index contributed by atoms with van der Waals surface area (Å²) in [6, 6.07) is -0.490. The molecule has 0 radical (unpaired) electrons. The number of rotatable bonds is 7. The van der Waals surface area contributed by atoms with E-state index in [0.717, 1.165) is 17.1 Å². The summed E-state index contributed by atoms with van der Waals surface area (Å²) in [6.07, 6.45) is 2.77. The molecule has 120 valence electrons. The van der Waals surface area contributed by atoms with Crippen molar-refractivity contribution in [1.82, 2.24) is 13.9 Å². The molecular weight excluding hydrogens is 298 g/mol. The van der Waals surface area contributed by atoms with Crippen molar-refractivity contribution in [3.63, 3.8) is 0 Å². The maximum Gasteiger partial charge on any atom is 0.304 e. The minimum atomic E-state index is -3.80. The first-order valence-electron chi connectivity index (χ1n) is 7.07. The molecule has 0 aromatic rings. The van der Waals surface area contributed by atoms with Crippen molar-refractivity contribution < 1.29 is 23.1 Å². The molecule has 1 saturated carbocycles. The Kier molecular flexibility index (Phi) is 4.84. The van der Waals surface area contributed by atoms with Gasteiger partial charge in [-0.1, -0.05) is 0 Å². The first kappa shape index (κ1) is 16.2. The molecule has 21 heavy (non-hydrogen) atoms. The lowest BCUT2D eigenvalue weighted by atomic mass is 10.2. The van der Waals surface area contributed by atoms with Gasteiger partial charge in [-0.15, -0.1) is 0 Å². The predicted octanol–water partition coefficient (Wildman–Crippen LogP) is -0.619. The lowest BCUT2D eigenvalue weighted by Gasteiger charge is -2.28. The van der Waals surface area contributed by atoms with Gasteiger partial charge in [0.05, 0.1) is 6.42 Å². The molecule has 1 heterocycles. The molecule has 2 aliphatic rings. The molecule has 9 heteroatoms. The van der Waals surface area contributed by atoms with Crippen LogP contribution < -0.4 is 5.32 Å². The standard InChI is InChI=1S/C12H21N3O5S/c1-14(8-6-11(16)17)21(19,20)15-7-2-3-10(15)12(18)13-9-4-5-9/h9-10H,2-8H2,1H3,(H,13,18)(H,16,17). The van der Waals surface area contributed by atoms with Crippen molar-refractivity contribution in [2.75, 3.05) is 20.1 Å². The van der Waals surface area contributed by atoms with E-state index >= 15 is 0 Å². The number of hydrogen-bond acceptors (Lipinski definition) is 4. The van der Waals surface area contributed by atoms with E-state index in [0.29, 0.717) is 19.4 Å². The molecule has 0 bridgehead atoms. The highest BCUT2D eigenvalue weighted by molar-refractivity contribution is 7.86. The zero-order valence-corrected chi connectivity index (χ0v) is 12.8. The van der Waals surface area contributed by atoms with E-state index in [2.05, 4.69) is 5.32 Å². The van der Waals surface area contributed by atoms with Gasteiger partial charge >= 0.3 is 5.97 Å². The average Bonchev–Trinajstić information content (AvgIpc) is 3.07. The highest BCUT2D eigenvalue weighted by Crippen LogP contribution is 2.25. The molecule has 8 nitrogen and oxygen atoms in total. The summed E-state index contributed by atoms with van der Waals surface area (Å²) in [6.45, 7) is 0.188. The van der Waals surface area contributed by atoms with Gasteiger partial charge in [0, 0.05) is 26.2 Å². The number of carboxylic acids is 1. The fourth-order valence-corrected chi connectivity index (χ4v) is 3.91. The van der Waals surface area contributed by atoms with Crippen LogP contribution in [0.5, 0.6) is 0 Å². The van der Waals surface area contributed by atoms with Crippen LogP contribution in [0.3, 0.4) is 0 Å². The summed E-state index contributed by atoms with van der Waals surface area (Å²) in [4.78, 5) is 22.7. The van der Waals surface area contributed by atoms with E-state index in [-0.39, 0.29) is 24.9 Å². The largest absolute Gasteiger partial charge is 0.481 e. The van der Waals surface area contributed by atoms with Crippen LogP contribution in [0.15, 0.2) is 0 Å². The molecule has 1 aliphatic heterocycles. The minimum Gasteiger partial charge on any atom is -0.481 e. The molecule has 1 saturated heterocycles. The van der Waals surface area contributed by atoms with Gasteiger partial charge in [0.25, 0.3) is 10.2 Å². The number of nitrogens with one attached hydrogen (secondary N) is 1. The zero-order valence-electron chi connectivity index (χ0n) is 12.0. The average molecular weight is 319 g/mol. The Bertz CT molecular complexity index is 517.